The Bertz CT molecular complexity index is 880. The summed E-state index contributed by atoms with van der Waals surface area (Å²) < 4.78 is 41.7. The Morgan fingerprint density at radius 1 is 1.35 bits per heavy atom. The first-order valence-corrected chi connectivity index (χ1v) is 9.50. The van der Waals surface area contributed by atoms with Crippen LogP contribution in [-0.2, 0) is 23.6 Å². The molecule has 0 bridgehead atoms. The molecule has 0 fully saturated rings. The minimum absolute atomic E-state index is 0.127. The number of halogens is 1. The number of sulfonamides is 1. The van der Waals surface area contributed by atoms with Crippen LogP contribution in [0.15, 0.2) is 29.5 Å². The second-order valence-electron chi connectivity index (χ2n) is 5.54. The predicted octanol–water partition coefficient (Wildman–Crippen LogP) is 0.370. The molecule has 142 valence electrons. The van der Waals surface area contributed by atoms with Crippen molar-refractivity contribution in [2.75, 3.05) is 24.1 Å². The molecule has 1 aromatic carbocycles. The quantitative estimate of drug-likeness (QED) is 0.470. The fourth-order valence-corrected chi connectivity index (χ4v) is 3.01. The highest BCUT2D eigenvalue weighted by Gasteiger charge is 2.12. The van der Waals surface area contributed by atoms with E-state index in [1.165, 1.54) is 18.5 Å². The first kappa shape index (κ1) is 19.6. The molecule has 0 spiro atoms. The first-order valence-electron chi connectivity index (χ1n) is 7.85. The van der Waals surface area contributed by atoms with Crippen molar-refractivity contribution < 1.29 is 12.8 Å². The normalized spacial score (nSPS) is 12.1. The van der Waals surface area contributed by atoms with Gasteiger partial charge in [0.05, 0.1) is 18.0 Å². The number of anilines is 1. The van der Waals surface area contributed by atoms with Gasteiger partial charge in [-0.1, -0.05) is 6.07 Å². The fourth-order valence-electron chi connectivity index (χ4n) is 2.05. The lowest BCUT2D eigenvalue weighted by atomic mass is 10.2. The zero-order valence-corrected chi connectivity index (χ0v) is 15.6. The maximum absolute atomic E-state index is 13.5. The SMILES string of the molecule is CN=C(NCCS(=O)(=O)Nc1ccc(C)c(F)c1)NCc1ncnn1C. The van der Waals surface area contributed by atoms with E-state index in [0.717, 1.165) is 6.07 Å². The second-order valence-corrected chi connectivity index (χ2v) is 7.38. The molecular formula is C15H22FN7O2S. The van der Waals surface area contributed by atoms with E-state index < -0.39 is 15.8 Å². The van der Waals surface area contributed by atoms with E-state index in [9.17, 15) is 12.8 Å². The molecule has 2 rings (SSSR count). The largest absolute Gasteiger partial charge is 0.355 e. The van der Waals surface area contributed by atoms with E-state index in [0.29, 0.717) is 23.9 Å². The molecule has 2 aromatic rings. The highest BCUT2D eigenvalue weighted by Crippen LogP contribution is 2.14. The fraction of sp³-hybridized carbons (Fsp3) is 0.400. The third-order valence-electron chi connectivity index (χ3n) is 3.55. The van der Waals surface area contributed by atoms with Crippen molar-refractivity contribution in [3.8, 4) is 0 Å². The molecule has 9 nitrogen and oxygen atoms in total. The van der Waals surface area contributed by atoms with Gasteiger partial charge in [0.1, 0.15) is 18.0 Å². The highest BCUT2D eigenvalue weighted by molar-refractivity contribution is 7.92. The van der Waals surface area contributed by atoms with Crippen molar-refractivity contribution >= 4 is 21.7 Å². The third kappa shape index (κ3) is 5.69. The third-order valence-corrected chi connectivity index (χ3v) is 4.84. The van der Waals surface area contributed by atoms with Crippen LogP contribution in [0.5, 0.6) is 0 Å². The molecule has 0 unspecified atom stereocenters. The molecule has 0 radical (unpaired) electrons. The van der Waals surface area contributed by atoms with Gasteiger partial charge in [0.2, 0.25) is 10.0 Å². The summed E-state index contributed by atoms with van der Waals surface area (Å²) in [4.78, 5) is 8.09. The number of hydrogen-bond donors (Lipinski definition) is 3. The molecule has 0 atom stereocenters. The van der Waals surface area contributed by atoms with Gasteiger partial charge in [0.15, 0.2) is 5.96 Å². The van der Waals surface area contributed by atoms with Crippen LogP contribution in [0.3, 0.4) is 0 Å². The van der Waals surface area contributed by atoms with Crippen molar-refractivity contribution in [3.63, 3.8) is 0 Å². The molecular weight excluding hydrogens is 361 g/mol. The van der Waals surface area contributed by atoms with Crippen LogP contribution < -0.4 is 15.4 Å². The number of guanidine groups is 1. The van der Waals surface area contributed by atoms with E-state index in [1.807, 2.05) is 0 Å². The van der Waals surface area contributed by atoms with Crippen LogP contribution in [0, 0.1) is 12.7 Å². The summed E-state index contributed by atoms with van der Waals surface area (Å²) in [6, 6.07) is 4.19. The van der Waals surface area contributed by atoms with Crippen molar-refractivity contribution in [1.29, 1.82) is 0 Å². The van der Waals surface area contributed by atoms with Gasteiger partial charge in [-0.3, -0.25) is 14.4 Å². The molecule has 0 saturated carbocycles. The maximum Gasteiger partial charge on any atom is 0.234 e. The first-order chi connectivity index (χ1) is 12.3. The number of benzene rings is 1. The zero-order chi connectivity index (χ0) is 19.2. The van der Waals surface area contributed by atoms with Crippen LogP contribution in [0.1, 0.15) is 11.4 Å². The van der Waals surface area contributed by atoms with Crippen molar-refractivity contribution in [3.05, 3.63) is 41.7 Å². The number of nitrogens with zero attached hydrogens (tertiary/aromatic N) is 4. The number of rotatable bonds is 7. The molecule has 11 heteroatoms. The number of nitrogens with one attached hydrogen (secondary N) is 3. The number of aliphatic imine (C=N–C) groups is 1. The predicted molar refractivity (Wildman–Crippen MR) is 97.8 cm³/mol. The summed E-state index contributed by atoms with van der Waals surface area (Å²) >= 11 is 0. The molecule has 0 saturated heterocycles. The number of aryl methyl sites for hydroxylation is 2. The van der Waals surface area contributed by atoms with Crippen molar-refractivity contribution in [1.82, 2.24) is 25.4 Å². The monoisotopic (exact) mass is 383 g/mol. The Hall–Kier alpha value is -2.69. The van der Waals surface area contributed by atoms with E-state index in [-0.39, 0.29) is 18.0 Å². The smallest absolute Gasteiger partial charge is 0.234 e. The van der Waals surface area contributed by atoms with Gasteiger partial charge in [-0.15, -0.1) is 0 Å². The molecule has 1 heterocycles. The lowest BCUT2D eigenvalue weighted by Crippen LogP contribution is -2.40. The topological polar surface area (TPSA) is 113 Å². The Labute approximate surface area is 151 Å². The average molecular weight is 383 g/mol. The van der Waals surface area contributed by atoms with Gasteiger partial charge in [-0.2, -0.15) is 5.10 Å². The molecule has 26 heavy (non-hydrogen) atoms. The summed E-state index contributed by atoms with van der Waals surface area (Å²) in [5.74, 6) is 0.484. The van der Waals surface area contributed by atoms with Gasteiger partial charge >= 0.3 is 0 Å². The van der Waals surface area contributed by atoms with Crippen molar-refractivity contribution in [2.45, 2.75) is 13.5 Å². The molecule has 1 aromatic heterocycles. The minimum Gasteiger partial charge on any atom is -0.355 e. The minimum atomic E-state index is -3.62. The molecule has 3 N–H and O–H groups in total. The zero-order valence-electron chi connectivity index (χ0n) is 14.8. The summed E-state index contributed by atoms with van der Waals surface area (Å²) in [5.41, 5.74) is 0.644. The Morgan fingerprint density at radius 2 is 2.12 bits per heavy atom. The Morgan fingerprint density at radius 3 is 2.73 bits per heavy atom. The second kappa shape index (κ2) is 8.61. The van der Waals surface area contributed by atoms with E-state index in [2.05, 4.69) is 30.4 Å². The summed E-state index contributed by atoms with van der Waals surface area (Å²) in [6.45, 7) is 2.13. The number of hydrogen-bond acceptors (Lipinski definition) is 5. The van der Waals surface area contributed by atoms with E-state index >= 15 is 0 Å². The Balaban J connectivity index is 1.82. The van der Waals surface area contributed by atoms with Crippen LogP contribution in [0.2, 0.25) is 0 Å². The van der Waals surface area contributed by atoms with Crippen LogP contribution in [0.4, 0.5) is 10.1 Å². The van der Waals surface area contributed by atoms with Gasteiger partial charge in [0, 0.05) is 20.6 Å². The highest BCUT2D eigenvalue weighted by atomic mass is 32.2. The van der Waals surface area contributed by atoms with Gasteiger partial charge in [-0.05, 0) is 24.6 Å². The van der Waals surface area contributed by atoms with E-state index in [4.69, 9.17) is 0 Å². The lowest BCUT2D eigenvalue weighted by molar-refractivity contribution is 0.599. The summed E-state index contributed by atoms with van der Waals surface area (Å²) in [5, 5.41) is 9.87. The lowest BCUT2D eigenvalue weighted by Gasteiger charge is -2.12. The van der Waals surface area contributed by atoms with Gasteiger partial charge in [0.25, 0.3) is 0 Å². The maximum atomic E-state index is 13.5. The average Bonchev–Trinajstić information content (AvgIpc) is 2.99. The van der Waals surface area contributed by atoms with Crippen LogP contribution in [0.25, 0.3) is 0 Å². The molecule has 0 aliphatic heterocycles. The summed E-state index contributed by atoms with van der Waals surface area (Å²) in [6.07, 6.45) is 1.44. The van der Waals surface area contributed by atoms with Crippen LogP contribution in [-0.4, -0.2) is 48.5 Å². The van der Waals surface area contributed by atoms with Gasteiger partial charge in [-0.25, -0.2) is 17.8 Å². The molecule has 0 amide bonds. The van der Waals surface area contributed by atoms with E-state index in [1.54, 1.807) is 25.7 Å². The standard InChI is InChI=1S/C15H22FN7O2S/c1-11-4-5-12(8-13(11)16)22-26(24,25)7-6-18-15(17-2)19-9-14-20-10-21-23(14)3/h4-5,8,10,22H,6-7,9H2,1-3H3,(H2,17,18,19). The van der Waals surface area contributed by atoms with Crippen LogP contribution >= 0.6 is 0 Å². The molecule has 0 aliphatic carbocycles. The molecule has 0 aliphatic rings. The van der Waals surface area contributed by atoms with Crippen molar-refractivity contribution in [2.24, 2.45) is 12.0 Å². The Kier molecular flexibility index (Phi) is 6.50. The van der Waals surface area contributed by atoms with Gasteiger partial charge < -0.3 is 10.6 Å². The number of aromatic nitrogens is 3. The summed E-state index contributed by atoms with van der Waals surface area (Å²) in [7, 11) is -0.274.